The molecule has 0 atom stereocenters. The summed E-state index contributed by atoms with van der Waals surface area (Å²) in [5.74, 6) is -1.70. The zero-order chi connectivity index (χ0) is 22.6. The molecule has 31 heavy (non-hydrogen) atoms. The van der Waals surface area contributed by atoms with Crippen molar-refractivity contribution in [2.24, 2.45) is 0 Å². The first-order valence-corrected chi connectivity index (χ1v) is 9.97. The number of para-hydroxylation sites is 1. The molecule has 2 aromatic carbocycles. The van der Waals surface area contributed by atoms with Gasteiger partial charge in [0.25, 0.3) is 5.91 Å². The van der Waals surface area contributed by atoms with Gasteiger partial charge in [-0.15, -0.1) is 0 Å². The van der Waals surface area contributed by atoms with Crippen LogP contribution in [0.15, 0.2) is 48.5 Å². The molecular weight excluding hydrogens is 400 g/mol. The van der Waals surface area contributed by atoms with Crippen LogP contribution in [0.2, 0.25) is 0 Å². The third-order valence-corrected chi connectivity index (χ3v) is 4.25. The molecule has 0 aromatic heterocycles. The predicted molar refractivity (Wildman–Crippen MR) is 116 cm³/mol. The van der Waals surface area contributed by atoms with E-state index in [-0.39, 0.29) is 25.4 Å². The maximum Gasteiger partial charge on any atom is 0.338 e. The molecule has 8 nitrogen and oxygen atoms in total. The number of amides is 2. The van der Waals surface area contributed by atoms with Gasteiger partial charge < -0.3 is 20.1 Å². The summed E-state index contributed by atoms with van der Waals surface area (Å²) in [6, 6.07) is 13.6. The van der Waals surface area contributed by atoms with Crippen LogP contribution in [0.3, 0.4) is 0 Å². The van der Waals surface area contributed by atoms with Crippen LogP contribution in [0.4, 0.5) is 11.4 Å². The Morgan fingerprint density at radius 3 is 2.23 bits per heavy atom. The second-order valence-corrected chi connectivity index (χ2v) is 6.72. The molecule has 0 spiro atoms. The van der Waals surface area contributed by atoms with Crippen molar-refractivity contribution in [1.82, 2.24) is 0 Å². The van der Waals surface area contributed by atoms with Gasteiger partial charge in [0, 0.05) is 24.2 Å². The second-order valence-electron chi connectivity index (χ2n) is 6.72. The van der Waals surface area contributed by atoms with E-state index in [1.165, 1.54) is 12.1 Å². The summed E-state index contributed by atoms with van der Waals surface area (Å²) in [6.07, 6.45) is 0.513. The van der Waals surface area contributed by atoms with Crippen LogP contribution in [0.1, 0.15) is 42.1 Å². The first-order valence-electron chi connectivity index (χ1n) is 9.97. The Hall–Kier alpha value is -3.68. The van der Waals surface area contributed by atoms with E-state index in [1.54, 1.807) is 19.1 Å². The number of hydrogen-bond donors (Lipinski definition) is 2. The predicted octanol–water partition coefficient (Wildman–Crippen LogP) is 3.46. The molecule has 2 N–H and O–H groups in total. The van der Waals surface area contributed by atoms with Gasteiger partial charge in [-0.05, 0) is 56.2 Å². The summed E-state index contributed by atoms with van der Waals surface area (Å²) in [5, 5.41) is 5.37. The molecule has 164 valence electrons. The van der Waals surface area contributed by atoms with E-state index in [2.05, 4.69) is 10.6 Å². The minimum Gasteiger partial charge on any atom is -0.462 e. The lowest BCUT2D eigenvalue weighted by Gasteiger charge is -2.09. The van der Waals surface area contributed by atoms with Crippen LogP contribution in [-0.4, -0.2) is 37.0 Å². The SMILES string of the molecule is CCOC(=O)c1ccc(NC(=O)COC(=O)CCCC(=O)Nc2ccccc2C)cc1. The van der Waals surface area contributed by atoms with Gasteiger partial charge in [-0.2, -0.15) is 0 Å². The number of nitrogens with one attached hydrogen (secondary N) is 2. The standard InChI is InChI=1S/C23H26N2O6/c1-3-30-23(29)17-11-13-18(14-12-17)24-21(27)15-31-22(28)10-6-9-20(26)25-19-8-5-4-7-16(19)2/h4-5,7-8,11-14H,3,6,9-10,15H2,1-2H3,(H,24,27)(H,25,26). The molecule has 0 aliphatic heterocycles. The summed E-state index contributed by atoms with van der Waals surface area (Å²) in [6.45, 7) is 3.45. The highest BCUT2D eigenvalue weighted by atomic mass is 16.5. The van der Waals surface area contributed by atoms with Crippen molar-refractivity contribution in [3.05, 3.63) is 59.7 Å². The number of anilines is 2. The van der Waals surface area contributed by atoms with E-state index in [1.807, 2.05) is 31.2 Å². The highest BCUT2D eigenvalue weighted by Crippen LogP contribution is 2.14. The minimum atomic E-state index is -0.559. The van der Waals surface area contributed by atoms with E-state index in [0.29, 0.717) is 17.7 Å². The van der Waals surface area contributed by atoms with Crippen molar-refractivity contribution in [2.75, 3.05) is 23.8 Å². The Bertz CT molecular complexity index is 924. The molecule has 2 amide bonds. The van der Waals surface area contributed by atoms with Gasteiger partial charge in [-0.3, -0.25) is 14.4 Å². The van der Waals surface area contributed by atoms with Crippen LogP contribution < -0.4 is 10.6 Å². The molecule has 2 aromatic rings. The monoisotopic (exact) mass is 426 g/mol. The Labute approximate surface area is 180 Å². The molecule has 0 aliphatic carbocycles. The van der Waals surface area contributed by atoms with E-state index >= 15 is 0 Å². The summed E-state index contributed by atoms with van der Waals surface area (Å²) in [7, 11) is 0. The third kappa shape index (κ3) is 8.30. The van der Waals surface area contributed by atoms with Crippen LogP contribution in [0, 0.1) is 6.92 Å². The number of rotatable bonds is 10. The fourth-order valence-corrected chi connectivity index (χ4v) is 2.64. The first-order chi connectivity index (χ1) is 14.9. The number of aryl methyl sites for hydroxylation is 1. The normalized spacial score (nSPS) is 10.1. The molecule has 8 heteroatoms. The minimum absolute atomic E-state index is 0.0305. The van der Waals surface area contributed by atoms with Gasteiger partial charge in [-0.25, -0.2) is 4.79 Å². The fourth-order valence-electron chi connectivity index (χ4n) is 2.64. The van der Waals surface area contributed by atoms with Crippen molar-refractivity contribution in [3.63, 3.8) is 0 Å². The number of carbonyl (C=O) groups is 4. The zero-order valence-corrected chi connectivity index (χ0v) is 17.6. The van der Waals surface area contributed by atoms with E-state index in [4.69, 9.17) is 9.47 Å². The smallest absolute Gasteiger partial charge is 0.338 e. The molecule has 0 unspecified atom stereocenters. The summed E-state index contributed by atoms with van der Waals surface area (Å²) >= 11 is 0. The summed E-state index contributed by atoms with van der Waals surface area (Å²) in [5.41, 5.74) is 2.53. The molecule has 0 saturated heterocycles. The van der Waals surface area contributed by atoms with Gasteiger partial charge in [-0.1, -0.05) is 18.2 Å². The topological polar surface area (TPSA) is 111 Å². The van der Waals surface area contributed by atoms with Gasteiger partial charge in [0.15, 0.2) is 6.61 Å². The van der Waals surface area contributed by atoms with Crippen molar-refractivity contribution in [1.29, 1.82) is 0 Å². The number of esters is 2. The highest BCUT2D eigenvalue weighted by molar-refractivity contribution is 5.94. The largest absolute Gasteiger partial charge is 0.462 e. The van der Waals surface area contributed by atoms with E-state index in [9.17, 15) is 19.2 Å². The molecular formula is C23H26N2O6. The van der Waals surface area contributed by atoms with Crippen LogP contribution in [0.5, 0.6) is 0 Å². The number of carbonyl (C=O) groups excluding carboxylic acids is 4. The van der Waals surface area contributed by atoms with E-state index in [0.717, 1.165) is 11.3 Å². The molecule has 0 bridgehead atoms. The van der Waals surface area contributed by atoms with Crippen LogP contribution in [-0.2, 0) is 23.9 Å². The molecule has 0 saturated carbocycles. The van der Waals surface area contributed by atoms with Gasteiger partial charge in [0.2, 0.25) is 5.91 Å². The van der Waals surface area contributed by atoms with Gasteiger partial charge >= 0.3 is 11.9 Å². The van der Waals surface area contributed by atoms with Crippen molar-refractivity contribution in [2.45, 2.75) is 33.1 Å². The zero-order valence-electron chi connectivity index (χ0n) is 17.6. The van der Waals surface area contributed by atoms with E-state index < -0.39 is 24.5 Å². The number of ether oxygens (including phenoxy) is 2. The maximum absolute atomic E-state index is 12.0. The summed E-state index contributed by atoms with van der Waals surface area (Å²) < 4.78 is 9.82. The van der Waals surface area contributed by atoms with Crippen molar-refractivity contribution < 1.29 is 28.7 Å². The maximum atomic E-state index is 12.0. The molecule has 0 radical (unpaired) electrons. The Kier molecular flexibility index (Phi) is 9.22. The average Bonchev–Trinajstić information content (AvgIpc) is 2.74. The first kappa shape index (κ1) is 23.6. The quantitative estimate of drug-likeness (QED) is 0.563. The molecule has 2 rings (SSSR count). The van der Waals surface area contributed by atoms with Crippen LogP contribution in [0.25, 0.3) is 0 Å². The lowest BCUT2D eigenvalue weighted by Crippen LogP contribution is -2.21. The molecule has 0 fully saturated rings. The molecule has 0 heterocycles. The van der Waals surface area contributed by atoms with Crippen molar-refractivity contribution in [3.8, 4) is 0 Å². The fraction of sp³-hybridized carbons (Fsp3) is 0.304. The van der Waals surface area contributed by atoms with Gasteiger partial charge in [0.05, 0.1) is 12.2 Å². The number of hydrogen-bond acceptors (Lipinski definition) is 6. The molecule has 0 aliphatic rings. The lowest BCUT2D eigenvalue weighted by molar-refractivity contribution is -0.147. The lowest BCUT2D eigenvalue weighted by atomic mass is 10.2. The van der Waals surface area contributed by atoms with Crippen molar-refractivity contribution >= 4 is 35.1 Å². The van der Waals surface area contributed by atoms with Crippen LogP contribution >= 0.6 is 0 Å². The summed E-state index contributed by atoms with van der Waals surface area (Å²) in [4.78, 5) is 47.3. The average molecular weight is 426 g/mol. The second kappa shape index (κ2) is 12.1. The Morgan fingerprint density at radius 1 is 0.839 bits per heavy atom. The Morgan fingerprint density at radius 2 is 1.55 bits per heavy atom. The Balaban J connectivity index is 1.65. The third-order valence-electron chi connectivity index (χ3n) is 4.25. The number of benzene rings is 2. The highest BCUT2D eigenvalue weighted by Gasteiger charge is 2.11. The van der Waals surface area contributed by atoms with Gasteiger partial charge in [0.1, 0.15) is 0 Å².